The lowest BCUT2D eigenvalue weighted by Gasteiger charge is -2.28. The van der Waals surface area contributed by atoms with Gasteiger partial charge in [-0.05, 0) is 49.6 Å². The van der Waals surface area contributed by atoms with E-state index in [1.54, 1.807) is 25.3 Å². The number of nitrogens with zero attached hydrogens (tertiary/aromatic N) is 3. The normalized spacial score (nSPS) is 14.0. The molecule has 1 saturated heterocycles. The summed E-state index contributed by atoms with van der Waals surface area (Å²) in [6.45, 7) is 1.59. The average molecular weight is 412 g/mol. The highest BCUT2D eigenvalue weighted by molar-refractivity contribution is 7.22. The van der Waals surface area contributed by atoms with Crippen LogP contribution in [0.15, 0.2) is 36.4 Å². The van der Waals surface area contributed by atoms with Crippen LogP contribution in [0.2, 0.25) is 0 Å². The van der Waals surface area contributed by atoms with E-state index in [2.05, 4.69) is 10.3 Å². The molecule has 1 N–H and O–H groups in total. The number of rotatable bonds is 5. The second kappa shape index (κ2) is 8.04. The first-order chi connectivity index (χ1) is 14.0. The van der Waals surface area contributed by atoms with Crippen LogP contribution >= 0.6 is 11.3 Å². The monoisotopic (exact) mass is 412 g/mol. The van der Waals surface area contributed by atoms with E-state index in [9.17, 15) is 14.9 Å². The molecule has 2 aromatic carbocycles. The van der Waals surface area contributed by atoms with E-state index in [1.165, 1.54) is 17.4 Å². The summed E-state index contributed by atoms with van der Waals surface area (Å²) in [4.78, 5) is 30.3. The summed E-state index contributed by atoms with van der Waals surface area (Å²) in [6.07, 6.45) is 3.17. The number of methoxy groups -OCH3 is 1. The Bertz CT molecular complexity index is 1080. The van der Waals surface area contributed by atoms with E-state index in [4.69, 9.17) is 4.74 Å². The minimum atomic E-state index is -0.427. The van der Waals surface area contributed by atoms with E-state index in [1.807, 2.05) is 17.0 Å². The van der Waals surface area contributed by atoms with Crippen molar-refractivity contribution in [1.29, 1.82) is 0 Å². The number of fused-ring (bicyclic) bond motifs is 1. The Hall–Kier alpha value is -3.20. The minimum absolute atomic E-state index is 0.0476. The van der Waals surface area contributed by atoms with Crippen molar-refractivity contribution in [2.24, 2.45) is 0 Å². The smallest absolute Gasteiger partial charge is 0.293 e. The van der Waals surface area contributed by atoms with Gasteiger partial charge in [0.05, 0.1) is 22.2 Å². The summed E-state index contributed by atoms with van der Waals surface area (Å²) in [6, 6.07) is 10.1. The Balaban J connectivity index is 1.58. The molecule has 0 atom stereocenters. The summed E-state index contributed by atoms with van der Waals surface area (Å²) in [5, 5.41) is 14.8. The first-order valence-electron chi connectivity index (χ1n) is 9.34. The number of nitrogens with one attached hydrogen (secondary N) is 1. The van der Waals surface area contributed by atoms with E-state index >= 15 is 0 Å². The molecule has 1 aliphatic rings. The van der Waals surface area contributed by atoms with Crippen LogP contribution in [0, 0.1) is 10.1 Å². The lowest BCUT2D eigenvalue weighted by molar-refractivity contribution is -0.384. The first-order valence-corrected chi connectivity index (χ1v) is 10.2. The highest BCUT2D eigenvalue weighted by Crippen LogP contribution is 2.32. The highest BCUT2D eigenvalue weighted by atomic mass is 32.1. The number of carbonyl (C=O) groups excluding carboxylic acids is 1. The molecule has 4 rings (SSSR count). The van der Waals surface area contributed by atoms with Gasteiger partial charge in [0.25, 0.3) is 11.6 Å². The van der Waals surface area contributed by atoms with Crippen LogP contribution in [0.5, 0.6) is 5.75 Å². The number of carbonyl (C=O) groups is 1. The Morgan fingerprint density at radius 3 is 2.72 bits per heavy atom. The maximum atomic E-state index is 12.7. The van der Waals surface area contributed by atoms with E-state index in [-0.39, 0.29) is 11.3 Å². The number of piperidine rings is 1. The Morgan fingerprint density at radius 2 is 2.00 bits per heavy atom. The summed E-state index contributed by atoms with van der Waals surface area (Å²) in [7, 11) is 1.59. The number of thiazole rings is 1. The molecule has 9 heteroatoms. The number of ether oxygens (including phenoxy) is 1. The maximum absolute atomic E-state index is 12.7. The van der Waals surface area contributed by atoms with Gasteiger partial charge in [-0.1, -0.05) is 11.3 Å². The Labute approximate surface area is 171 Å². The van der Waals surface area contributed by atoms with Gasteiger partial charge in [-0.2, -0.15) is 0 Å². The lowest BCUT2D eigenvalue weighted by atomic mass is 10.1. The zero-order valence-electron chi connectivity index (χ0n) is 15.9. The molecule has 2 heterocycles. The summed E-state index contributed by atoms with van der Waals surface area (Å²) in [5.74, 6) is 0.285. The number of benzene rings is 2. The quantitative estimate of drug-likeness (QED) is 0.491. The van der Waals surface area contributed by atoms with Crippen LogP contribution < -0.4 is 15.0 Å². The number of anilines is 2. The predicted molar refractivity (Wildman–Crippen MR) is 113 cm³/mol. The van der Waals surface area contributed by atoms with Crippen molar-refractivity contribution in [1.82, 2.24) is 4.98 Å². The average Bonchev–Trinajstić information content (AvgIpc) is 3.15. The molecule has 1 amide bonds. The van der Waals surface area contributed by atoms with Crippen molar-refractivity contribution in [3.05, 3.63) is 52.1 Å². The second-order valence-corrected chi connectivity index (χ2v) is 7.85. The maximum Gasteiger partial charge on any atom is 0.293 e. The number of nitro groups is 1. The fourth-order valence-corrected chi connectivity index (χ4v) is 4.36. The molecular formula is C20H20N4O4S. The van der Waals surface area contributed by atoms with Crippen molar-refractivity contribution in [3.63, 3.8) is 0 Å². The molecule has 0 aliphatic carbocycles. The van der Waals surface area contributed by atoms with Crippen LogP contribution in [-0.4, -0.2) is 36.0 Å². The molecule has 0 spiro atoms. The van der Waals surface area contributed by atoms with Gasteiger partial charge in [-0.3, -0.25) is 20.2 Å². The van der Waals surface area contributed by atoms with E-state index < -0.39 is 10.8 Å². The van der Waals surface area contributed by atoms with Crippen LogP contribution in [-0.2, 0) is 0 Å². The number of hydrogen-bond donors (Lipinski definition) is 1. The van der Waals surface area contributed by atoms with Gasteiger partial charge >= 0.3 is 0 Å². The van der Waals surface area contributed by atoms with Gasteiger partial charge in [0.15, 0.2) is 5.13 Å². The van der Waals surface area contributed by atoms with Crippen molar-refractivity contribution in [2.45, 2.75) is 19.3 Å². The van der Waals surface area contributed by atoms with Gasteiger partial charge in [0, 0.05) is 24.7 Å². The van der Waals surface area contributed by atoms with Gasteiger partial charge < -0.3 is 9.64 Å². The largest absolute Gasteiger partial charge is 0.497 e. The first kappa shape index (κ1) is 19.1. The number of amides is 1. The molecule has 0 bridgehead atoms. The standard InChI is InChI=1S/C20H20N4O4S/c1-28-14-6-7-15-18(12-14)29-20(21-15)22-19(25)13-5-8-16(17(11-13)24(26)27)23-9-3-2-4-10-23/h5-8,11-12H,2-4,9-10H2,1H3,(H,21,22,25). The topological polar surface area (TPSA) is 97.6 Å². The van der Waals surface area contributed by atoms with E-state index in [0.29, 0.717) is 16.6 Å². The fraction of sp³-hybridized carbons (Fsp3) is 0.300. The second-order valence-electron chi connectivity index (χ2n) is 6.82. The lowest BCUT2D eigenvalue weighted by Crippen LogP contribution is -2.30. The van der Waals surface area contributed by atoms with Gasteiger partial charge in [0.1, 0.15) is 11.4 Å². The molecular weight excluding hydrogens is 392 g/mol. The highest BCUT2D eigenvalue weighted by Gasteiger charge is 2.23. The molecule has 0 saturated carbocycles. The van der Waals surface area contributed by atoms with Crippen LogP contribution in [0.3, 0.4) is 0 Å². The SMILES string of the molecule is COc1ccc2nc(NC(=O)c3ccc(N4CCCCC4)c([N+](=O)[O-])c3)sc2c1. The van der Waals surface area contributed by atoms with Crippen molar-refractivity contribution in [2.75, 3.05) is 30.4 Å². The zero-order valence-corrected chi connectivity index (χ0v) is 16.7. The molecule has 1 aliphatic heterocycles. The van der Waals surface area contributed by atoms with Gasteiger partial charge in [0.2, 0.25) is 0 Å². The third kappa shape index (κ3) is 4.00. The van der Waals surface area contributed by atoms with Gasteiger partial charge in [-0.25, -0.2) is 4.98 Å². The van der Waals surface area contributed by atoms with Crippen molar-refractivity contribution >= 4 is 44.0 Å². The third-order valence-corrected chi connectivity index (χ3v) is 5.88. The van der Waals surface area contributed by atoms with Crippen molar-refractivity contribution in [3.8, 4) is 5.75 Å². The molecule has 1 aromatic heterocycles. The number of nitro benzene ring substituents is 1. The van der Waals surface area contributed by atoms with Crippen molar-refractivity contribution < 1.29 is 14.5 Å². The fourth-order valence-electron chi connectivity index (χ4n) is 3.47. The molecule has 0 radical (unpaired) electrons. The number of aromatic nitrogens is 1. The van der Waals surface area contributed by atoms with Gasteiger partial charge in [-0.15, -0.1) is 0 Å². The molecule has 3 aromatic rings. The minimum Gasteiger partial charge on any atom is -0.497 e. The Kier molecular flexibility index (Phi) is 5.30. The molecule has 0 unspecified atom stereocenters. The third-order valence-electron chi connectivity index (χ3n) is 4.95. The Morgan fingerprint density at radius 1 is 1.21 bits per heavy atom. The molecule has 29 heavy (non-hydrogen) atoms. The predicted octanol–water partition coefficient (Wildman–Crippen LogP) is 4.46. The summed E-state index contributed by atoms with van der Waals surface area (Å²) < 4.78 is 6.08. The summed E-state index contributed by atoms with van der Waals surface area (Å²) >= 11 is 1.32. The van der Waals surface area contributed by atoms with Crippen LogP contribution in [0.4, 0.5) is 16.5 Å². The molecule has 150 valence electrons. The summed E-state index contributed by atoms with van der Waals surface area (Å²) in [5.41, 5.74) is 1.50. The zero-order chi connectivity index (χ0) is 20.4. The molecule has 8 nitrogen and oxygen atoms in total. The number of hydrogen-bond acceptors (Lipinski definition) is 7. The van der Waals surface area contributed by atoms with E-state index in [0.717, 1.165) is 42.6 Å². The molecule has 1 fully saturated rings. The van der Waals surface area contributed by atoms with Crippen LogP contribution in [0.25, 0.3) is 10.2 Å². The van der Waals surface area contributed by atoms with Crippen LogP contribution in [0.1, 0.15) is 29.6 Å².